The first-order valence-electron chi connectivity index (χ1n) is 5.50. The van der Waals surface area contributed by atoms with Gasteiger partial charge in [0, 0.05) is 6.54 Å². The normalized spacial score (nSPS) is 27.7. The molecule has 2 heterocycles. The van der Waals surface area contributed by atoms with Gasteiger partial charge >= 0.3 is 6.09 Å². The fourth-order valence-electron chi connectivity index (χ4n) is 1.96. The van der Waals surface area contributed by atoms with Crippen molar-refractivity contribution in [1.82, 2.24) is 4.90 Å². The molecule has 0 aromatic carbocycles. The highest BCUT2D eigenvalue weighted by Crippen LogP contribution is 2.24. The van der Waals surface area contributed by atoms with Crippen LogP contribution in [0.4, 0.5) is 4.79 Å². The van der Waals surface area contributed by atoms with E-state index in [1.54, 1.807) is 4.90 Å². The number of Topliss-reactive ketones (excluding diaryl/α,β-unsaturated/α-hetero) is 1. The summed E-state index contributed by atoms with van der Waals surface area (Å²) in [6, 6.07) is 0. The number of hydrogen-bond acceptors (Lipinski definition) is 4. The van der Waals surface area contributed by atoms with Crippen LogP contribution in [0.2, 0.25) is 0 Å². The van der Waals surface area contributed by atoms with Gasteiger partial charge in [-0.1, -0.05) is 0 Å². The van der Waals surface area contributed by atoms with E-state index in [1.807, 2.05) is 20.8 Å². The molecule has 6 nitrogen and oxygen atoms in total. The van der Waals surface area contributed by atoms with E-state index in [-0.39, 0.29) is 23.3 Å². The van der Waals surface area contributed by atoms with Crippen LogP contribution < -0.4 is 0 Å². The lowest BCUT2D eigenvalue weighted by Crippen LogP contribution is -2.49. The van der Waals surface area contributed by atoms with Gasteiger partial charge in [0.15, 0.2) is 5.78 Å². The van der Waals surface area contributed by atoms with E-state index in [9.17, 15) is 9.59 Å². The first-order valence-corrected chi connectivity index (χ1v) is 5.50. The summed E-state index contributed by atoms with van der Waals surface area (Å²) in [5.74, 6) is -0.0360. The molecule has 6 heteroatoms. The SMILES string of the molecule is CC(C)(C)OC(=O)N1CC2COC(C1)C2=O.O. The van der Waals surface area contributed by atoms with Gasteiger partial charge < -0.3 is 19.8 Å². The number of nitrogens with zero attached hydrogens (tertiary/aromatic N) is 1. The number of likely N-dealkylation sites (tertiary alicyclic amines) is 1. The average Bonchev–Trinajstić information content (AvgIpc) is 2.38. The quantitative estimate of drug-likeness (QED) is 0.600. The van der Waals surface area contributed by atoms with Crippen LogP contribution >= 0.6 is 0 Å². The largest absolute Gasteiger partial charge is 0.444 e. The second kappa shape index (κ2) is 4.62. The van der Waals surface area contributed by atoms with Crippen molar-refractivity contribution in [2.75, 3.05) is 19.7 Å². The molecule has 2 aliphatic heterocycles. The molecular formula is C11H19NO5. The highest BCUT2D eigenvalue weighted by molar-refractivity contribution is 5.89. The van der Waals surface area contributed by atoms with Crippen molar-refractivity contribution in [3.8, 4) is 0 Å². The van der Waals surface area contributed by atoms with Crippen LogP contribution in [0.15, 0.2) is 0 Å². The second-order valence-electron chi connectivity index (χ2n) is 5.31. The highest BCUT2D eigenvalue weighted by Gasteiger charge is 2.44. The smallest absolute Gasteiger partial charge is 0.410 e. The predicted octanol–water partition coefficient (Wildman–Crippen LogP) is -0.00350. The van der Waals surface area contributed by atoms with E-state index in [0.717, 1.165) is 0 Å². The van der Waals surface area contributed by atoms with Gasteiger partial charge in [-0.15, -0.1) is 0 Å². The Morgan fingerprint density at radius 2 is 2.06 bits per heavy atom. The number of carbonyl (C=O) groups excluding carboxylic acids is 2. The molecule has 2 fully saturated rings. The molecule has 2 atom stereocenters. The molecule has 98 valence electrons. The Balaban J connectivity index is 0.00000144. The monoisotopic (exact) mass is 245 g/mol. The Labute approximate surface area is 100 Å². The zero-order valence-corrected chi connectivity index (χ0v) is 10.4. The molecule has 0 aromatic heterocycles. The second-order valence-corrected chi connectivity index (χ2v) is 5.31. The maximum absolute atomic E-state index is 11.8. The molecule has 17 heavy (non-hydrogen) atoms. The number of fused-ring (bicyclic) bond motifs is 2. The zero-order chi connectivity index (χ0) is 11.9. The lowest BCUT2D eigenvalue weighted by Gasteiger charge is -2.31. The summed E-state index contributed by atoms with van der Waals surface area (Å²) in [5, 5.41) is 0. The maximum Gasteiger partial charge on any atom is 0.410 e. The topological polar surface area (TPSA) is 87.3 Å². The third-order valence-electron chi connectivity index (χ3n) is 2.70. The summed E-state index contributed by atoms with van der Waals surface area (Å²) in [5.41, 5.74) is -0.502. The molecule has 2 aliphatic rings. The molecule has 1 amide bonds. The van der Waals surface area contributed by atoms with Crippen molar-refractivity contribution >= 4 is 11.9 Å². The summed E-state index contributed by atoms with van der Waals surface area (Å²) < 4.78 is 10.6. The molecule has 2 N–H and O–H groups in total. The molecule has 0 saturated carbocycles. The number of rotatable bonds is 0. The number of piperidine rings is 1. The predicted molar refractivity (Wildman–Crippen MR) is 59.7 cm³/mol. The Kier molecular flexibility index (Phi) is 3.78. The molecule has 0 aliphatic carbocycles. The van der Waals surface area contributed by atoms with Crippen LogP contribution in [0, 0.1) is 5.92 Å². The molecule has 2 saturated heterocycles. The van der Waals surface area contributed by atoms with Crippen molar-refractivity contribution in [2.24, 2.45) is 5.92 Å². The number of ketones is 1. The van der Waals surface area contributed by atoms with Crippen LogP contribution in [0.5, 0.6) is 0 Å². The molecular weight excluding hydrogens is 226 g/mol. The minimum absolute atomic E-state index is 0. The molecule has 2 rings (SSSR count). The molecule has 0 aromatic rings. The first kappa shape index (κ1) is 13.9. The van der Waals surface area contributed by atoms with Crippen molar-refractivity contribution in [3.05, 3.63) is 0 Å². The van der Waals surface area contributed by atoms with E-state index in [0.29, 0.717) is 19.7 Å². The highest BCUT2D eigenvalue weighted by atomic mass is 16.6. The van der Waals surface area contributed by atoms with E-state index in [4.69, 9.17) is 9.47 Å². The standard InChI is InChI=1S/C11H17NO4.H2O/c1-11(2,3)16-10(14)12-4-7-6-15-8(5-12)9(7)13;/h7-8H,4-6H2,1-3H3;1H2. The van der Waals surface area contributed by atoms with Crippen LogP contribution in [0.25, 0.3) is 0 Å². The number of ether oxygens (including phenoxy) is 2. The van der Waals surface area contributed by atoms with E-state index in [2.05, 4.69) is 0 Å². The first-order chi connectivity index (χ1) is 7.37. The van der Waals surface area contributed by atoms with Crippen LogP contribution in [0.1, 0.15) is 20.8 Å². The Bertz CT molecular complexity index is 306. The van der Waals surface area contributed by atoms with Crippen LogP contribution in [-0.4, -0.2) is 53.7 Å². The van der Waals surface area contributed by atoms with Gasteiger partial charge in [-0.3, -0.25) is 4.79 Å². The zero-order valence-electron chi connectivity index (χ0n) is 10.4. The van der Waals surface area contributed by atoms with Gasteiger partial charge in [-0.05, 0) is 20.8 Å². The van der Waals surface area contributed by atoms with Gasteiger partial charge in [0.25, 0.3) is 0 Å². The third kappa shape index (κ3) is 2.95. The van der Waals surface area contributed by atoms with Crippen molar-refractivity contribution in [2.45, 2.75) is 32.5 Å². The van der Waals surface area contributed by atoms with Gasteiger partial charge in [-0.25, -0.2) is 4.79 Å². The van der Waals surface area contributed by atoms with Crippen molar-refractivity contribution < 1.29 is 24.5 Å². The lowest BCUT2D eigenvalue weighted by molar-refractivity contribution is -0.127. The van der Waals surface area contributed by atoms with Gasteiger partial charge in [0.05, 0.1) is 19.1 Å². The van der Waals surface area contributed by atoms with Gasteiger partial charge in [-0.2, -0.15) is 0 Å². The summed E-state index contributed by atoms with van der Waals surface area (Å²) in [4.78, 5) is 24.9. The minimum Gasteiger partial charge on any atom is -0.444 e. The van der Waals surface area contributed by atoms with E-state index >= 15 is 0 Å². The lowest BCUT2D eigenvalue weighted by atomic mass is 9.99. The van der Waals surface area contributed by atoms with Gasteiger partial charge in [0.2, 0.25) is 0 Å². The molecule has 0 radical (unpaired) electrons. The van der Waals surface area contributed by atoms with Crippen LogP contribution in [0.3, 0.4) is 0 Å². The fourth-order valence-corrected chi connectivity index (χ4v) is 1.96. The summed E-state index contributed by atoms with van der Waals surface area (Å²) in [7, 11) is 0. The molecule has 0 spiro atoms. The summed E-state index contributed by atoms with van der Waals surface area (Å²) in [6.45, 7) is 6.65. The third-order valence-corrected chi connectivity index (χ3v) is 2.70. The van der Waals surface area contributed by atoms with E-state index < -0.39 is 11.7 Å². The van der Waals surface area contributed by atoms with Crippen molar-refractivity contribution in [1.29, 1.82) is 0 Å². The maximum atomic E-state index is 11.8. The Hall–Kier alpha value is -1.14. The Morgan fingerprint density at radius 1 is 1.41 bits per heavy atom. The average molecular weight is 245 g/mol. The molecule has 2 unspecified atom stereocenters. The Morgan fingerprint density at radius 3 is 2.59 bits per heavy atom. The number of carbonyl (C=O) groups is 2. The number of hydrogen-bond donors (Lipinski definition) is 0. The van der Waals surface area contributed by atoms with E-state index in [1.165, 1.54) is 0 Å². The van der Waals surface area contributed by atoms with Crippen LogP contribution in [-0.2, 0) is 14.3 Å². The number of amides is 1. The molecule has 2 bridgehead atoms. The summed E-state index contributed by atoms with van der Waals surface area (Å²) >= 11 is 0. The van der Waals surface area contributed by atoms with Gasteiger partial charge in [0.1, 0.15) is 11.7 Å². The minimum atomic E-state index is -0.502. The van der Waals surface area contributed by atoms with Crippen molar-refractivity contribution in [3.63, 3.8) is 0 Å². The summed E-state index contributed by atoms with van der Waals surface area (Å²) in [6.07, 6.45) is -0.799. The fraction of sp³-hybridized carbons (Fsp3) is 0.818.